The van der Waals surface area contributed by atoms with Gasteiger partial charge in [-0.2, -0.15) is 0 Å². The summed E-state index contributed by atoms with van der Waals surface area (Å²) < 4.78 is 8.56. The van der Waals surface area contributed by atoms with Crippen molar-refractivity contribution in [3.05, 3.63) is 35.4 Å². The van der Waals surface area contributed by atoms with Gasteiger partial charge in [-0.05, 0) is 0 Å². The van der Waals surface area contributed by atoms with Gasteiger partial charge in [0.05, 0.1) is 0 Å². The molecular weight excluding hydrogens is 377 g/mol. The number of hydrogen-bond acceptors (Lipinski definition) is 4. The fraction of sp³-hybridized carbons (Fsp3) is 0.438. The van der Waals surface area contributed by atoms with Crippen LogP contribution in [-0.2, 0) is 16.0 Å². The number of ether oxygens (including phenoxy) is 1. The van der Waals surface area contributed by atoms with Crippen LogP contribution in [0.15, 0.2) is 24.7 Å². The molecule has 0 fully saturated rings. The molecule has 123 valence electrons. The van der Waals surface area contributed by atoms with Crippen LogP contribution in [0.25, 0.3) is 5.69 Å². The fourth-order valence-electron chi connectivity index (χ4n) is 2.07. The molecule has 2 heterocycles. The minimum atomic E-state index is -0.182. The first-order valence-electron chi connectivity index (χ1n) is 7.55. The second-order valence-electron chi connectivity index (χ2n) is 5.32. The Hall–Kier alpha value is -1.32. The van der Waals surface area contributed by atoms with Crippen molar-refractivity contribution in [3.63, 3.8) is 0 Å². The molecule has 2 aromatic heterocycles. The monoisotopic (exact) mass is 396 g/mol. The molecule has 0 saturated heterocycles. The quantitative estimate of drug-likeness (QED) is 0.410. The third-order valence-corrected chi connectivity index (χ3v) is 5.66. The number of carbonyl (C=O) groups excluding carboxylic acids is 1. The number of pyridine rings is 1. The molecule has 1 radical (unpaired) electrons. The zero-order valence-electron chi connectivity index (χ0n) is 13.5. The molecule has 0 N–H and O–H groups in total. The predicted octanol–water partition coefficient (Wildman–Crippen LogP) is 2.57. The number of aromatic nitrogens is 3. The number of hydrogen-bond donors (Lipinski definition) is 0. The van der Waals surface area contributed by atoms with Gasteiger partial charge >= 0.3 is 148 Å². The van der Waals surface area contributed by atoms with Crippen molar-refractivity contribution in [1.29, 1.82) is 0 Å². The van der Waals surface area contributed by atoms with Crippen molar-refractivity contribution in [1.82, 2.24) is 14.8 Å². The third-order valence-electron chi connectivity index (χ3n) is 3.03. The Balaban J connectivity index is 2.15. The van der Waals surface area contributed by atoms with Crippen molar-refractivity contribution in [2.24, 2.45) is 0 Å². The molecule has 0 saturated carbocycles. The Morgan fingerprint density at radius 1 is 1.43 bits per heavy atom. The summed E-state index contributed by atoms with van der Waals surface area (Å²) in [5.74, 6) is -0.182. The van der Waals surface area contributed by atoms with Gasteiger partial charge in [-0.15, -0.1) is 0 Å². The van der Waals surface area contributed by atoms with E-state index in [1.54, 1.807) is 12.4 Å². The van der Waals surface area contributed by atoms with Gasteiger partial charge in [-0.3, -0.25) is 0 Å². The first-order chi connectivity index (χ1) is 11.0. The van der Waals surface area contributed by atoms with Gasteiger partial charge in [-0.1, -0.05) is 0 Å². The van der Waals surface area contributed by atoms with Gasteiger partial charge in [0.25, 0.3) is 0 Å². The number of halogens is 1. The van der Waals surface area contributed by atoms with E-state index in [0.29, 0.717) is 29.3 Å². The molecule has 0 bridgehead atoms. The predicted molar refractivity (Wildman–Crippen MR) is 91.8 cm³/mol. The van der Waals surface area contributed by atoms with Gasteiger partial charge in [0.15, 0.2) is 0 Å². The molecule has 5 nitrogen and oxygen atoms in total. The molecule has 0 aliphatic heterocycles. The van der Waals surface area contributed by atoms with Gasteiger partial charge in [0.2, 0.25) is 0 Å². The summed E-state index contributed by atoms with van der Waals surface area (Å²) in [4.78, 5) is 15.6. The second kappa shape index (κ2) is 8.51. The summed E-state index contributed by atoms with van der Waals surface area (Å²) in [6.45, 7) is 6.62. The van der Waals surface area contributed by atoms with E-state index in [-0.39, 0.29) is 21.7 Å². The number of nitrogens with zero attached hydrogens (tertiary/aromatic N) is 3. The Bertz CT molecular complexity index is 673. The summed E-state index contributed by atoms with van der Waals surface area (Å²) in [6, 6.07) is 1.93. The van der Waals surface area contributed by atoms with Crippen LogP contribution in [0.5, 0.6) is 0 Å². The van der Waals surface area contributed by atoms with Crippen LogP contribution in [0.1, 0.15) is 32.8 Å². The Morgan fingerprint density at radius 2 is 2.22 bits per heavy atom. The molecule has 0 spiro atoms. The summed E-state index contributed by atoms with van der Waals surface area (Å²) in [7, 11) is 0. The zero-order chi connectivity index (χ0) is 16.8. The van der Waals surface area contributed by atoms with Crippen molar-refractivity contribution >= 4 is 37.7 Å². The molecule has 0 unspecified atom stereocenters. The van der Waals surface area contributed by atoms with E-state index in [1.165, 1.54) is 4.35 Å². The molecule has 7 heteroatoms. The third kappa shape index (κ3) is 5.36. The summed E-state index contributed by atoms with van der Waals surface area (Å²) in [5, 5.41) is 4.91. The Kier molecular flexibility index (Phi) is 6.67. The molecular formula is C16H20AsClN3O2. The van der Waals surface area contributed by atoms with Gasteiger partial charge in [0.1, 0.15) is 0 Å². The van der Waals surface area contributed by atoms with Crippen LogP contribution in [0.3, 0.4) is 0 Å². The normalized spacial score (nSPS) is 11.5. The Labute approximate surface area is 148 Å². The first kappa shape index (κ1) is 18.0. The van der Waals surface area contributed by atoms with Crippen molar-refractivity contribution < 1.29 is 9.53 Å². The van der Waals surface area contributed by atoms with Crippen LogP contribution in [0.2, 0.25) is 9.86 Å². The van der Waals surface area contributed by atoms with Crippen LogP contribution in [-0.4, -0.2) is 43.1 Å². The zero-order valence-corrected chi connectivity index (χ0v) is 16.1. The van der Waals surface area contributed by atoms with E-state index < -0.39 is 0 Å². The first-order valence-corrected chi connectivity index (χ1v) is 9.95. The van der Waals surface area contributed by atoms with Crippen LogP contribution >= 0.6 is 11.6 Å². The standard InChI is InChI=1S/C16H20AsClN3O2/c1-4-23-16(22)6-5-12-8-20-21(10-12)14-9-19-15(18)7-13(14)17-11(2)3/h7-11H,4-6H2,1-3H3. The van der Waals surface area contributed by atoms with E-state index in [9.17, 15) is 4.79 Å². The summed E-state index contributed by atoms with van der Waals surface area (Å²) in [6.07, 6.45) is 6.46. The van der Waals surface area contributed by atoms with Crippen molar-refractivity contribution in [2.45, 2.75) is 38.3 Å². The van der Waals surface area contributed by atoms with Gasteiger partial charge < -0.3 is 0 Å². The average Bonchev–Trinajstić information content (AvgIpc) is 2.93. The maximum atomic E-state index is 11.4. The number of rotatable bonds is 7. The van der Waals surface area contributed by atoms with Crippen LogP contribution in [0, 0.1) is 0 Å². The van der Waals surface area contributed by atoms with Gasteiger partial charge in [0, 0.05) is 0 Å². The molecule has 0 aliphatic carbocycles. The van der Waals surface area contributed by atoms with Crippen molar-refractivity contribution in [3.8, 4) is 5.69 Å². The average molecular weight is 397 g/mol. The SMILES string of the molecule is CCOC(=O)CCc1cnn(-c2cnc(Cl)cc2[As]C(C)C)c1. The number of aryl methyl sites for hydroxylation is 1. The maximum absolute atomic E-state index is 11.4. The summed E-state index contributed by atoms with van der Waals surface area (Å²) in [5.41, 5.74) is 1.96. The molecule has 0 amide bonds. The van der Waals surface area contributed by atoms with Crippen LogP contribution in [0.4, 0.5) is 0 Å². The minimum absolute atomic E-state index is 0.0133. The molecule has 23 heavy (non-hydrogen) atoms. The number of carbonyl (C=O) groups is 1. The molecule has 0 aliphatic rings. The Morgan fingerprint density at radius 3 is 2.91 bits per heavy atom. The van der Waals surface area contributed by atoms with Crippen molar-refractivity contribution in [2.75, 3.05) is 6.61 Å². The fourth-order valence-corrected chi connectivity index (χ4v) is 4.59. The molecule has 2 aromatic rings. The topological polar surface area (TPSA) is 57.0 Å². The van der Waals surface area contributed by atoms with E-state index in [2.05, 4.69) is 23.9 Å². The van der Waals surface area contributed by atoms with Gasteiger partial charge in [-0.25, -0.2) is 0 Å². The van der Waals surface area contributed by atoms with E-state index in [4.69, 9.17) is 16.3 Å². The molecule has 2 rings (SSSR count). The van der Waals surface area contributed by atoms with E-state index >= 15 is 0 Å². The van der Waals surface area contributed by atoms with Crippen LogP contribution < -0.4 is 4.35 Å². The number of esters is 1. The van der Waals surface area contributed by atoms with E-state index in [0.717, 1.165) is 11.3 Å². The molecule has 0 atom stereocenters. The second-order valence-corrected chi connectivity index (χ2v) is 9.42. The summed E-state index contributed by atoms with van der Waals surface area (Å²) >= 11 is 6.02. The molecule has 0 aromatic carbocycles. The van der Waals surface area contributed by atoms with E-state index in [1.807, 2.05) is 23.9 Å².